The molecule has 0 radical (unpaired) electrons. The van der Waals surface area contributed by atoms with Crippen LogP contribution in [0.1, 0.15) is 22.8 Å². The van der Waals surface area contributed by atoms with Crippen molar-refractivity contribution in [2.45, 2.75) is 19.9 Å². The lowest BCUT2D eigenvalue weighted by Crippen LogP contribution is -2.45. The molecule has 0 spiro atoms. The number of sulfonamides is 1. The number of rotatable bonds is 7. The minimum atomic E-state index is -3.97. The molecule has 0 unspecified atom stereocenters. The number of carbonyl (C=O) groups is 2. The summed E-state index contributed by atoms with van der Waals surface area (Å²) in [5, 5.41) is 13.7. The van der Waals surface area contributed by atoms with Crippen LogP contribution in [0.2, 0.25) is 0 Å². The van der Waals surface area contributed by atoms with Crippen LogP contribution in [-0.4, -0.2) is 44.6 Å². The third-order valence-electron chi connectivity index (χ3n) is 4.28. The van der Waals surface area contributed by atoms with Crippen LogP contribution in [-0.2, 0) is 19.6 Å². The highest BCUT2D eigenvalue weighted by Gasteiger charge is 2.31. The van der Waals surface area contributed by atoms with Crippen LogP contribution >= 0.6 is 0 Å². The lowest BCUT2D eigenvalue weighted by Gasteiger charge is -2.29. The molecule has 2 aromatic carbocycles. The van der Waals surface area contributed by atoms with Crippen molar-refractivity contribution in [2.75, 3.05) is 23.0 Å². The Morgan fingerprint density at radius 3 is 2.43 bits per heavy atom. The number of methoxy groups -OCH3 is 1. The van der Waals surface area contributed by atoms with Gasteiger partial charge in [-0.3, -0.25) is 19.2 Å². The molecule has 2 aromatic rings. The van der Waals surface area contributed by atoms with Gasteiger partial charge in [0.15, 0.2) is 0 Å². The summed E-state index contributed by atoms with van der Waals surface area (Å²) in [5.41, 5.74) is 0.634. The molecule has 0 fully saturated rings. The Hall–Kier alpha value is -3.47. The van der Waals surface area contributed by atoms with E-state index in [1.807, 2.05) is 0 Å². The first-order chi connectivity index (χ1) is 14.0. The monoisotopic (exact) mass is 435 g/mol. The highest BCUT2D eigenvalue weighted by Crippen LogP contribution is 2.29. The van der Waals surface area contributed by atoms with Crippen LogP contribution in [0.4, 0.5) is 17.1 Å². The van der Waals surface area contributed by atoms with Gasteiger partial charge in [-0.15, -0.1) is 0 Å². The van der Waals surface area contributed by atoms with E-state index in [-0.39, 0.29) is 22.6 Å². The largest absolute Gasteiger partial charge is 0.465 e. The number of anilines is 2. The van der Waals surface area contributed by atoms with Gasteiger partial charge in [-0.2, -0.15) is 0 Å². The van der Waals surface area contributed by atoms with Crippen LogP contribution in [0.25, 0.3) is 0 Å². The first kappa shape index (κ1) is 22.8. The van der Waals surface area contributed by atoms with Gasteiger partial charge in [0.2, 0.25) is 15.9 Å². The highest BCUT2D eigenvalue weighted by molar-refractivity contribution is 7.92. The van der Waals surface area contributed by atoms with Crippen LogP contribution in [0.15, 0.2) is 42.5 Å². The van der Waals surface area contributed by atoms with Crippen molar-refractivity contribution in [1.82, 2.24) is 0 Å². The van der Waals surface area contributed by atoms with Gasteiger partial charge in [0.1, 0.15) is 6.04 Å². The quantitative estimate of drug-likeness (QED) is 0.401. The molecule has 11 heteroatoms. The standard InChI is InChI=1S/C19H21N3O7S/c1-12-8-9-16(22(25)26)11-17(12)21(30(4,27)28)13(2)18(23)20-15-7-5-6-14(10-15)19(24)29-3/h5-11,13H,1-4H3,(H,20,23)/t13-/m0/s1. The molecule has 1 amide bonds. The molecule has 1 N–H and O–H groups in total. The molecule has 0 aliphatic heterocycles. The molecule has 0 saturated heterocycles. The maximum absolute atomic E-state index is 12.8. The fourth-order valence-electron chi connectivity index (χ4n) is 2.82. The van der Waals surface area contributed by atoms with Crippen LogP contribution < -0.4 is 9.62 Å². The number of carbonyl (C=O) groups excluding carboxylic acids is 2. The van der Waals surface area contributed by atoms with Crippen LogP contribution in [0.5, 0.6) is 0 Å². The molecule has 0 aromatic heterocycles. The molecule has 2 rings (SSSR count). The third kappa shape index (κ3) is 5.11. The number of hydrogen-bond acceptors (Lipinski definition) is 7. The molecule has 1 atom stereocenters. The predicted molar refractivity (Wildman–Crippen MR) is 111 cm³/mol. The Morgan fingerprint density at radius 2 is 1.87 bits per heavy atom. The van der Waals surface area contributed by atoms with E-state index in [0.717, 1.165) is 16.6 Å². The van der Waals surface area contributed by atoms with Crippen molar-refractivity contribution in [3.63, 3.8) is 0 Å². The summed E-state index contributed by atoms with van der Waals surface area (Å²) in [6.07, 6.45) is 0.910. The van der Waals surface area contributed by atoms with Gasteiger partial charge in [-0.05, 0) is 37.6 Å². The van der Waals surface area contributed by atoms with E-state index >= 15 is 0 Å². The number of benzene rings is 2. The number of hydrogen-bond donors (Lipinski definition) is 1. The fraction of sp³-hybridized carbons (Fsp3) is 0.263. The van der Waals surface area contributed by atoms with Gasteiger partial charge < -0.3 is 10.1 Å². The van der Waals surface area contributed by atoms with Crippen molar-refractivity contribution < 1.29 is 27.7 Å². The number of nitro groups is 1. The van der Waals surface area contributed by atoms with Gasteiger partial charge in [-0.1, -0.05) is 12.1 Å². The first-order valence-electron chi connectivity index (χ1n) is 8.69. The molecule has 10 nitrogen and oxygen atoms in total. The number of nitro benzene ring substituents is 1. The number of aryl methyl sites for hydroxylation is 1. The highest BCUT2D eigenvalue weighted by atomic mass is 32.2. The minimum absolute atomic E-state index is 0.0256. The Kier molecular flexibility index (Phi) is 6.77. The molecule has 0 aliphatic carbocycles. The van der Waals surface area contributed by atoms with Gasteiger partial charge in [0.25, 0.3) is 5.69 Å². The summed E-state index contributed by atoms with van der Waals surface area (Å²) in [6.45, 7) is 2.94. The Balaban J connectivity index is 2.41. The first-order valence-corrected chi connectivity index (χ1v) is 10.5. The molecule has 160 valence electrons. The fourth-order valence-corrected chi connectivity index (χ4v) is 4.04. The molecule has 0 bridgehead atoms. The lowest BCUT2D eigenvalue weighted by molar-refractivity contribution is -0.384. The summed E-state index contributed by atoms with van der Waals surface area (Å²) in [5.74, 6) is -1.28. The second-order valence-corrected chi connectivity index (χ2v) is 8.38. The van der Waals surface area contributed by atoms with E-state index in [0.29, 0.717) is 5.56 Å². The van der Waals surface area contributed by atoms with Crippen LogP contribution in [0.3, 0.4) is 0 Å². The number of non-ortho nitro benzene ring substituents is 1. The zero-order chi connectivity index (χ0) is 22.6. The van der Waals surface area contributed by atoms with E-state index in [1.54, 1.807) is 6.92 Å². The average Bonchev–Trinajstić information content (AvgIpc) is 2.67. The van der Waals surface area contributed by atoms with E-state index in [4.69, 9.17) is 0 Å². The second-order valence-electron chi connectivity index (χ2n) is 6.52. The maximum atomic E-state index is 12.8. The minimum Gasteiger partial charge on any atom is -0.465 e. The average molecular weight is 435 g/mol. The summed E-state index contributed by atoms with van der Waals surface area (Å²) in [4.78, 5) is 34.9. The van der Waals surface area contributed by atoms with Crippen molar-refractivity contribution in [2.24, 2.45) is 0 Å². The number of amides is 1. The molecular formula is C19H21N3O7S. The third-order valence-corrected chi connectivity index (χ3v) is 5.51. The normalized spacial score (nSPS) is 12.0. The van der Waals surface area contributed by atoms with E-state index < -0.39 is 32.9 Å². The SMILES string of the molecule is COC(=O)c1cccc(NC(=O)[C@H](C)N(c2cc([N+](=O)[O-])ccc2C)S(C)(=O)=O)c1. The van der Waals surface area contributed by atoms with Crippen LogP contribution in [0, 0.1) is 17.0 Å². The summed E-state index contributed by atoms with van der Waals surface area (Å²) < 4.78 is 30.4. The summed E-state index contributed by atoms with van der Waals surface area (Å²) in [6, 6.07) is 8.49. The second kappa shape index (κ2) is 8.91. The molecule has 0 heterocycles. The zero-order valence-electron chi connectivity index (χ0n) is 16.8. The van der Waals surface area contributed by atoms with E-state index in [1.165, 1.54) is 50.4 Å². The van der Waals surface area contributed by atoms with Gasteiger partial charge in [0.05, 0.1) is 29.5 Å². The number of nitrogens with one attached hydrogen (secondary N) is 1. The smallest absolute Gasteiger partial charge is 0.337 e. The van der Waals surface area contributed by atoms with Crippen molar-refractivity contribution in [3.05, 3.63) is 63.7 Å². The Morgan fingerprint density at radius 1 is 1.20 bits per heavy atom. The van der Waals surface area contributed by atoms with E-state index in [2.05, 4.69) is 10.1 Å². The topological polar surface area (TPSA) is 136 Å². The molecule has 0 saturated carbocycles. The number of ether oxygens (including phenoxy) is 1. The zero-order valence-corrected chi connectivity index (χ0v) is 17.6. The Bertz CT molecular complexity index is 1100. The Labute approximate surface area is 173 Å². The van der Waals surface area contributed by atoms with E-state index in [9.17, 15) is 28.1 Å². The van der Waals surface area contributed by atoms with Gasteiger partial charge in [-0.25, -0.2) is 13.2 Å². The number of esters is 1. The predicted octanol–water partition coefficient (Wildman–Crippen LogP) is 2.48. The summed E-state index contributed by atoms with van der Waals surface area (Å²) in [7, 11) is -2.75. The molecule has 30 heavy (non-hydrogen) atoms. The van der Waals surface area contributed by atoms with Crippen molar-refractivity contribution in [1.29, 1.82) is 0 Å². The molecular weight excluding hydrogens is 414 g/mol. The van der Waals surface area contributed by atoms with Gasteiger partial charge >= 0.3 is 5.97 Å². The lowest BCUT2D eigenvalue weighted by atomic mass is 10.1. The summed E-state index contributed by atoms with van der Waals surface area (Å²) >= 11 is 0. The van der Waals surface area contributed by atoms with Crippen molar-refractivity contribution >= 4 is 39.0 Å². The number of nitrogens with zero attached hydrogens (tertiary/aromatic N) is 2. The maximum Gasteiger partial charge on any atom is 0.337 e. The van der Waals surface area contributed by atoms with Gasteiger partial charge in [0, 0.05) is 17.8 Å². The van der Waals surface area contributed by atoms with Crippen molar-refractivity contribution in [3.8, 4) is 0 Å². The molecule has 0 aliphatic rings.